The Balaban J connectivity index is 2.79. The van der Waals surface area contributed by atoms with Crippen molar-refractivity contribution in [3.05, 3.63) is 32.6 Å². The average Bonchev–Trinajstić information content (AvgIpc) is 2.02. The normalized spacial score (nSPS) is 10.7. The molecule has 0 aliphatic rings. The summed E-state index contributed by atoms with van der Waals surface area (Å²) in [5.74, 6) is 0.561. The van der Waals surface area contributed by atoms with Crippen molar-refractivity contribution in [3.8, 4) is 0 Å². The van der Waals surface area contributed by atoms with Crippen molar-refractivity contribution in [3.63, 3.8) is 0 Å². The van der Waals surface area contributed by atoms with Gasteiger partial charge in [-0.2, -0.15) is 0 Å². The fourth-order valence-corrected chi connectivity index (χ4v) is 1.07. The van der Waals surface area contributed by atoms with Gasteiger partial charge < -0.3 is 4.98 Å². The smallest absolute Gasteiger partial charge is 0.314 e. The molecule has 1 heterocycles. The molecule has 0 saturated heterocycles. The van der Waals surface area contributed by atoms with Gasteiger partial charge in [0.25, 0.3) is 5.56 Å². The third-order valence-corrected chi connectivity index (χ3v) is 1.89. The molecule has 0 aromatic carbocycles. The van der Waals surface area contributed by atoms with E-state index in [9.17, 15) is 9.59 Å². The standard InChI is InChI=1S/C9H14N2O2/c1-6(2)3-4-7-5-10-9(13)11-8(7)12/h5-6H,3-4H2,1-2H3,(H2,10,11,12,13). The molecule has 0 amide bonds. The Hall–Kier alpha value is -1.32. The molecule has 0 unspecified atom stereocenters. The summed E-state index contributed by atoms with van der Waals surface area (Å²) < 4.78 is 0. The number of rotatable bonds is 3. The van der Waals surface area contributed by atoms with E-state index in [1.165, 1.54) is 6.20 Å². The van der Waals surface area contributed by atoms with Gasteiger partial charge in [0.05, 0.1) is 0 Å². The Kier molecular flexibility index (Phi) is 3.06. The van der Waals surface area contributed by atoms with Crippen molar-refractivity contribution in [2.45, 2.75) is 26.7 Å². The van der Waals surface area contributed by atoms with Crippen LogP contribution < -0.4 is 11.2 Å². The van der Waals surface area contributed by atoms with Gasteiger partial charge in [0.1, 0.15) is 0 Å². The Morgan fingerprint density at radius 1 is 1.38 bits per heavy atom. The van der Waals surface area contributed by atoms with Crippen molar-refractivity contribution >= 4 is 0 Å². The second-order valence-electron chi connectivity index (χ2n) is 3.53. The lowest BCUT2D eigenvalue weighted by atomic mass is 10.1. The van der Waals surface area contributed by atoms with Crippen molar-refractivity contribution in [2.24, 2.45) is 5.92 Å². The molecule has 0 fully saturated rings. The average molecular weight is 182 g/mol. The predicted octanol–water partition coefficient (Wildman–Crippen LogP) is 0.652. The maximum absolute atomic E-state index is 11.2. The summed E-state index contributed by atoms with van der Waals surface area (Å²) in [6, 6.07) is 0. The molecule has 0 radical (unpaired) electrons. The lowest BCUT2D eigenvalue weighted by Gasteiger charge is -2.02. The van der Waals surface area contributed by atoms with E-state index in [-0.39, 0.29) is 5.56 Å². The summed E-state index contributed by atoms with van der Waals surface area (Å²) in [4.78, 5) is 26.5. The molecule has 0 aliphatic carbocycles. The molecule has 4 nitrogen and oxygen atoms in total. The van der Waals surface area contributed by atoms with Gasteiger partial charge in [-0.25, -0.2) is 4.79 Å². The zero-order chi connectivity index (χ0) is 9.84. The van der Waals surface area contributed by atoms with Crippen LogP contribution in [0.2, 0.25) is 0 Å². The minimum absolute atomic E-state index is 0.274. The van der Waals surface area contributed by atoms with Crippen LogP contribution in [-0.2, 0) is 6.42 Å². The molecule has 72 valence electrons. The lowest BCUT2D eigenvalue weighted by Crippen LogP contribution is -2.24. The van der Waals surface area contributed by atoms with Crippen LogP contribution >= 0.6 is 0 Å². The summed E-state index contributed by atoms with van der Waals surface area (Å²) in [5.41, 5.74) is -0.0732. The topological polar surface area (TPSA) is 65.7 Å². The largest absolute Gasteiger partial charge is 0.325 e. The predicted molar refractivity (Wildman–Crippen MR) is 50.8 cm³/mol. The Labute approximate surface area is 76.0 Å². The minimum atomic E-state index is -0.446. The molecule has 13 heavy (non-hydrogen) atoms. The van der Waals surface area contributed by atoms with Crippen LogP contribution in [-0.4, -0.2) is 9.97 Å². The van der Waals surface area contributed by atoms with E-state index >= 15 is 0 Å². The van der Waals surface area contributed by atoms with E-state index in [0.29, 0.717) is 17.9 Å². The van der Waals surface area contributed by atoms with Gasteiger partial charge >= 0.3 is 5.69 Å². The molecule has 1 rings (SSSR count). The molecule has 2 N–H and O–H groups in total. The van der Waals surface area contributed by atoms with Crippen LogP contribution in [0.5, 0.6) is 0 Å². The van der Waals surface area contributed by atoms with Crippen LogP contribution in [0.15, 0.2) is 15.8 Å². The van der Waals surface area contributed by atoms with Gasteiger partial charge in [0.15, 0.2) is 0 Å². The SMILES string of the molecule is CC(C)CCc1c[nH]c(=O)[nH]c1=O. The Bertz CT molecular complexity index is 376. The highest BCUT2D eigenvalue weighted by atomic mass is 16.2. The molecule has 4 heteroatoms. The molecule has 0 bridgehead atoms. The number of nitrogens with one attached hydrogen (secondary N) is 2. The second kappa shape index (κ2) is 4.07. The van der Waals surface area contributed by atoms with E-state index in [0.717, 1.165) is 6.42 Å². The van der Waals surface area contributed by atoms with E-state index < -0.39 is 5.69 Å². The van der Waals surface area contributed by atoms with E-state index in [1.54, 1.807) is 0 Å². The highest BCUT2D eigenvalue weighted by Crippen LogP contribution is 2.03. The number of hydrogen-bond donors (Lipinski definition) is 2. The maximum Gasteiger partial charge on any atom is 0.325 e. The molecule has 1 aromatic rings. The maximum atomic E-state index is 11.2. The molecule has 0 spiro atoms. The number of hydrogen-bond acceptors (Lipinski definition) is 2. The summed E-state index contributed by atoms with van der Waals surface area (Å²) in [7, 11) is 0. The van der Waals surface area contributed by atoms with E-state index in [1.807, 2.05) is 0 Å². The van der Waals surface area contributed by atoms with Crippen LogP contribution in [0.1, 0.15) is 25.8 Å². The van der Waals surface area contributed by atoms with E-state index in [4.69, 9.17) is 0 Å². The first kappa shape index (κ1) is 9.77. The van der Waals surface area contributed by atoms with Crippen molar-refractivity contribution in [2.75, 3.05) is 0 Å². The minimum Gasteiger partial charge on any atom is -0.314 e. The van der Waals surface area contributed by atoms with Crippen LogP contribution in [0.4, 0.5) is 0 Å². The van der Waals surface area contributed by atoms with Gasteiger partial charge in [-0.1, -0.05) is 13.8 Å². The Morgan fingerprint density at radius 2 is 2.08 bits per heavy atom. The first-order valence-corrected chi connectivity index (χ1v) is 4.40. The van der Waals surface area contributed by atoms with Crippen LogP contribution in [0.25, 0.3) is 0 Å². The molecule has 0 atom stereocenters. The van der Waals surface area contributed by atoms with Gasteiger partial charge in [-0.05, 0) is 18.8 Å². The molecule has 0 aliphatic heterocycles. The monoisotopic (exact) mass is 182 g/mol. The van der Waals surface area contributed by atoms with Crippen LogP contribution in [0, 0.1) is 5.92 Å². The summed E-state index contributed by atoms with van der Waals surface area (Å²) in [6.07, 6.45) is 3.16. The highest BCUT2D eigenvalue weighted by Gasteiger charge is 2.01. The third kappa shape index (κ3) is 2.89. The molecule has 1 aromatic heterocycles. The zero-order valence-electron chi connectivity index (χ0n) is 7.89. The highest BCUT2D eigenvalue weighted by molar-refractivity contribution is 5.03. The number of aromatic nitrogens is 2. The fourth-order valence-electron chi connectivity index (χ4n) is 1.07. The quantitative estimate of drug-likeness (QED) is 0.720. The van der Waals surface area contributed by atoms with Gasteiger partial charge in [0, 0.05) is 11.8 Å². The lowest BCUT2D eigenvalue weighted by molar-refractivity contribution is 0.583. The summed E-state index contributed by atoms with van der Waals surface area (Å²) in [6.45, 7) is 4.19. The first-order chi connectivity index (χ1) is 6.09. The van der Waals surface area contributed by atoms with Gasteiger partial charge in [-0.3, -0.25) is 9.78 Å². The van der Waals surface area contributed by atoms with Gasteiger partial charge in [0.2, 0.25) is 0 Å². The number of aryl methyl sites for hydroxylation is 1. The fraction of sp³-hybridized carbons (Fsp3) is 0.556. The van der Waals surface area contributed by atoms with Crippen molar-refractivity contribution in [1.29, 1.82) is 0 Å². The van der Waals surface area contributed by atoms with Gasteiger partial charge in [-0.15, -0.1) is 0 Å². The summed E-state index contributed by atoms with van der Waals surface area (Å²) in [5, 5.41) is 0. The molecular weight excluding hydrogens is 168 g/mol. The number of H-pyrrole nitrogens is 2. The molecule has 0 saturated carbocycles. The second-order valence-corrected chi connectivity index (χ2v) is 3.53. The van der Waals surface area contributed by atoms with Crippen molar-refractivity contribution < 1.29 is 0 Å². The first-order valence-electron chi connectivity index (χ1n) is 4.40. The molecular formula is C9H14N2O2. The Morgan fingerprint density at radius 3 is 2.62 bits per heavy atom. The van der Waals surface area contributed by atoms with Crippen LogP contribution in [0.3, 0.4) is 0 Å². The van der Waals surface area contributed by atoms with Crippen molar-refractivity contribution in [1.82, 2.24) is 9.97 Å². The third-order valence-electron chi connectivity index (χ3n) is 1.89. The summed E-state index contributed by atoms with van der Waals surface area (Å²) >= 11 is 0. The number of aromatic amines is 2. The zero-order valence-corrected chi connectivity index (χ0v) is 7.89. The van der Waals surface area contributed by atoms with E-state index in [2.05, 4.69) is 23.8 Å².